The molecule has 0 amide bonds. The maximum atomic E-state index is 8.94. The number of hydrogen-bond donors (Lipinski definition) is 0. The molecule has 0 unspecified atom stereocenters. The maximum absolute atomic E-state index is 8.94. The van der Waals surface area contributed by atoms with E-state index in [9.17, 15) is 0 Å². The van der Waals surface area contributed by atoms with Crippen LogP contribution >= 0.6 is 0 Å². The van der Waals surface area contributed by atoms with E-state index in [1.165, 1.54) is 22.2 Å². The summed E-state index contributed by atoms with van der Waals surface area (Å²) in [5.41, 5.74) is 4.64. The van der Waals surface area contributed by atoms with Crippen molar-refractivity contribution in [3.8, 4) is 6.07 Å². The lowest BCUT2D eigenvalue weighted by molar-refractivity contribution is 0.908. The minimum Gasteiger partial charge on any atom is -0.344 e. The SMILES string of the molecule is Cn1c2c(c3cc(C#N)ccc31)CCC=C2. The summed E-state index contributed by atoms with van der Waals surface area (Å²) < 4.78 is 2.21. The average Bonchev–Trinajstić information content (AvgIpc) is 2.64. The van der Waals surface area contributed by atoms with E-state index in [1.807, 2.05) is 18.2 Å². The Morgan fingerprint density at radius 2 is 2.25 bits per heavy atom. The van der Waals surface area contributed by atoms with Gasteiger partial charge in [0.15, 0.2) is 0 Å². The van der Waals surface area contributed by atoms with Gasteiger partial charge >= 0.3 is 0 Å². The number of rotatable bonds is 0. The van der Waals surface area contributed by atoms with Crippen molar-refractivity contribution in [2.24, 2.45) is 7.05 Å². The van der Waals surface area contributed by atoms with Crippen LogP contribution in [-0.2, 0) is 13.5 Å². The van der Waals surface area contributed by atoms with Crippen LogP contribution in [-0.4, -0.2) is 4.57 Å². The van der Waals surface area contributed by atoms with Crippen molar-refractivity contribution < 1.29 is 0 Å². The third kappa shape index (κ3) is 1.12. The van der Waals surface area contributed by atoms with E-state index in [-0.39, 0.29) is 0 Å². The number of allylic oxidation sites excluding steroid dienone is 1. The zero-order valence-corrected chi connectivity index (χ0v) is 9.20. The third-order valence-electron chi connectivity index (χ3n) is 3.32. The van der Waals surface area contributed by atoms with Gasteiger partial charge in [-0.1, -0.05) is 6.08 Å². The van der Waals surface area contributed by atoms with Gasteiger partial charge in [0, 0.05) is 23.6 Å². The molecule has 2 heteroatoms. The molecule has 0 spiro atoms. The van der Waals surface area contributed by atoms with Gasteiger partial charge in [-0.25, -0.2) is 0 Å². The Hall–Kier alpha value is -2.01. The van der Waals surface area contributed by atoms with Crippen molar-refractivity contribution in [1.82, 2.24) is 4.57 Å². The molecule has 0 radical (unpaired) electrons. The highest BCUT2D eigenvalue weighted by atomic mass is 14.9. The van der Waals surface area contributed by atoms with Crippen LogP contribution < -0.4 is 0 Å². The van der Waals surface area contributed by atoms with Gasteiger partial charge in [-0.15, -0.1) is 0 Å². The first-order chi connectivity index (χ1) is 7.81. The first-order valence-corrected chi connectivity index (χ1v) is 5.49. The molecular formula is C14H12N2. The number of nitrogens with zero attached hydrogens (tertiary/aromatic N) is 2. The molecular weight excluding hydrogens is 196 g/mol. The molecule has 0 aliphatic heterocycles. The molecule has 0 saturated carbocycles. The summed E-state index contributed by atoms with van der Waals surface area (Å²) in [6.45, 7) is 0. The lowest BCUT2D eigenvalue weighted by atomic mass is 10.00. The first-order valence-electron chi connectivity index (χ1n) is 5.49. The van der Waals surface area contributed by atoms with Crippen LogP contribution in [0.25, 0.3) is 17.0 Å². The molecule has 1 heterocycles. The average molecular weight is 208 g/mol. The van der Waals surface area contributed by atoms with Crippen LogP contribution in [0.4, 0.5) is 0 Å². The molecule has 0 N–H and O–H groups in total. The summed E-state index contributed by atoms with van der Waals surface area (Å²) in [5, 5.41) is 10.2. The number of benzene rings is 1. The highest BCUT2D eigenvalue weighted by molar-refractivity contribution is 5.89. The molecule has 0 fully saturated rings. The van der Waals surface area contributed by atoms with Crippen molar-refractivity contribution in [2.45, 2.75) is 12.8 Å². The van der Waals surface area contributed by atoms with E-state index >= 15 is 0 Å². The number of hydrogen-bond acceptors (Lipinski definition) is 1. The van der Waals surface area contributed by atoms with Gasteiger partial charge in [-0.3, -0.25) is 0 Å². The minimum absolute atomic E-state index is 0.746. The second kappa shape index (κ2) is 3.24. The molecule has 2 aromatic rings. The molecule has 1 aliphatic rings. The van der Waals surface area contributed by atoms with Crippen LogP contribution in [0.5, 0.6) is 0 Å². The highest BCUT2D eigenvalue weighted by Crippen LogP contribution is 2.30. The normalized spacial score (nSPS) is 13.8. The van der Waals surface area contributed by atoms with Crippen LogP contribution in [0, 0.1) is 11.3 Å². The van der Waals surface area contributed by atoms with Crippen molar-refractivity contribution in [2.75, 3.05) is 0 Å². The van der Waals surface area contributed by atoms with Gasteiger partial charge in [0.05, 0.1) is 11.6 Å². The fraction of sp³-hybridized carbons (Fsp3) is 0.214. The Morgan fingerprint density at radius 1 is 1.38 bits per heavy atom. The standard InChI is InChI=1S/C14H12N2/c1-16-13-5-3-2-4-11(13)12-8-10(9-15)6-7-14(12)16/h3,5-8H,2,4H2,1H3. The molecule has 1 aliphatic carbocycles. The van der Waals surface area contributed by atoms with Crippen molar-refractivity contribution in [3.63, 3.8) is 0 Å². The molecule has 0 bridgehead atoms. The number of aryl methyl sites for hydroxylation is 2. The number of nitriles is 1. The zero-order valence-electron chi connectivity index (χ0n) is 9.20. The van der Waals surface area contributed by atoms with Crippen molar-refractivity contribution in [3.05, 3.63) is 41.1 Å². The van der Waals surface area contributed by atoms with Crippen LogP contribution in [0.1, 0.15) is 23.2 Å². The predicted molar refractivity (Wildman–Crippen MR) is 65.0 cm³/mol. The zero-order chi connectivity index (χ0) is 11.1. The van der Waals surface area contributed by atoms with Crippen LogP contribution in [0.2, 0.25) is 0 Å². The molecule has 16 heavy (non-hydrogen) atoms. The second-order valence-corrected chi connectivity index (χ2v) is 4.21. The highest BCUT2D eigenvalue weighted by Gasteiger charge is 2.15. The molecule has 78 valence electrons. The summed E-state index contributed by atoms with van der Waals surface area (Å²) in [4.78, 5) is 0. The Balaban J connectivity index is 2.42. The second-order valence-electron chi connectivity index (χ2n) is 4.21. The number of aromatic nitrogens is 1. The fourth-order valence-corrected chi connectivity index (χ4v) is 2.51. The quantitative estimate of drug-likeness (QED) is 0.654. The van der Waals surface area contributed by atoms with Gasteiger partial charge in [-0.05, 0) is 42.7 Å². The Labute approximate surface area is 94.4 Å². The topological polar surface area (TPSA) is 28.7 Å². The fourth-order valence-electron chi connectivity index (χ4n) is 2.51. The van der Waals surface area contributed by atoms with Gasteiger partial charge in [-0.2, -0.15) is 5.26 Å². The monoisotopic (exact) mass is 208 g/mol. The van der Waals surface area contributed by atoms with Gasteiger partial charge in [0.25, 0.3) is 0 Å². The summed E-state index contributed by atoms with van der Waals surface area (Å²) in [6.07, 6.45) is 6.58. The Bertz CT molecular complexity index is 639. The summed E-state index contributed by atoms with van der Waals surface area (Å²) >= 11 is 0. The lowest BCUT2D eigenvalue weighted by Crippen LogP contribution is -1.96. The molecule has 0 saturated heterocycles. The van der Waals surface area contributed by atoms with Crippen molar-refractivity contribution in [1.29, 1.82) is 5.26 Å². The summed E-state index contributed by atoms with van der Waals surface area (Å²) in [7, 11) is 2.09. The van der Waals surface area contributed by atoms with E-state index in [0.29, 0.717) is 0 Å². The third-order valence-corrected chi connectivity index (χ3v) is 3.32. The Kier molecular flexibility index (Phi) is 1.87. The van der Waals surface area contributed by atoms with Gasteiger partial charge in [0.1, 0.15) is 0 Å². The molecule has 1 aromatic heterocycles. The number of fused-ring (bicyclic) bond motifs is 3. The largest absolute Gasteiger partial charge is 0.344 e. The Morgan fingerprint density at radius 3 is 3.06 bits per heavy atom. The predicted octanol–water partition coefficient (Wildman–Crippen LogP) is 3.01. The molecule has 3 rings (SSSR count). The van der Waals surface area contributed by atoms with Crippen LogP contribution in [0.3, 0.4) is 0 Å². The van der Waals surface area contributed by atoms with E-state index in [1.54, 1.807) is 0 Å². The summed E-state index contributed by atoms with van der Waals surface area (Å²) in [6, 6.07) is 8.14. The maximum Gasteiger partial charge on any atom is 0.0991 e. The molecule has 0 atom stereocenters. The minimum atomic E-state index is 0.746. The van der Waals surface area contributed by atoms with Crippen LogP contribution in [0.15, 0.2) is 24.3 Å². The van der Waals surface area contributed by atoms with E-state index < -0.39 is 0 Å². The summed E-state index contributed by atoms with van der Waals surface area (Å²) in [5.74, 6) is 0. The van der Waals surface area contributed by atoms with Gasteiger partial charge in [0.2, 0.25) is 0 Å². The van der Waals surface area contributed by atoms with E-state index in [4.69, 9.17) is 5.26 Å². The van der Waals surface area contributed by atoms with Gasteiger partial charge < -0.3 is 4.57 Å². The lowest BCUT2D eigenvalue weighted by Gasteiger charge is -2.06. The van der Waals surface area contributed by atoms with E-state index in [2.05, 4.69) is 29.8 Å². The van der Waals surface area contributed by atoms with Crippen molar-refractivity contribution >= 4 is 17.0 Å². The first kappa shape index (κ1) is 9.23. The molecule has 1 aromatic carbocycles. The van der Waals surface area contributed by atoms with E-state index in [0.717, 1.165) is 18.4 Å². The molecule has 2 nitrogen and oxygen atoms in total. The smallest absolute Gasteiger partial charge is 0.0991 e.